The van der Waals surface area contributed by atoms with Crippen LogP contribution in [0.4, 0.5) is 5.69 Å². The largest absolute Gasteiger partial charge is 0.478 e. The third kappa shape index (κ3) is 2.69. The van der Waals surface area contributed by atoms with Crippen molar-refractivity contribution >= 4 is 28.5 Å². The van der Waals surface area contributed by atoms with Gasteiger partial charge in [0, 0.05) is 22.8 Å². The second-order valence-corrected chi connectivity index (χ2v) is 4.91. The molecule has 1 aromatic heterocycles. The van der Waals surface area contributed by atoms with Gasteiger partial charge in [-0.3, -0.25) is 4.79 Å². The van der Waals surface area contributed by atoms with E-state index >= 15 is 0 Å². The minimum absolute atomic E-state index is 0.0582. The molecule has 1 heterocycles. The van der Waals surface area contributed by atoms with Gasteiger partial charge in [0.1, 0.15) is 6.54 Å². The first-order valence-corrected chi connectivity index (χ1v) is 6.81. The first-order valence-electron chi connectivity index (χ1n) is 6.81. The SMILES string of the molecule is O=C(Cn1cc(C(=O)O)c2ccccc21)Nc1ccccc1. The van der Waals surface area contributed by atoms with Crippen LogP contribution >= 0.6 is 0 Å². The summed E-state index contributed by atoms with van der Waals surface area (Å²) in [5, 5.41) is 12.7. The number of hydrogen-bond donors (Lipinski definition) is 2. The number of fused-ring (bicyclic) bond motifs is 1. The summed E-state index contributed by atoms with van der Waals surface area (Å²) in [6, 6.07) is 16.3. The molecule has 0 spiro atoms. The maximum atomic E-state index is 12.1. The van der Waals surface area contributed by atoms with Crippen LogP contribution in [-0.2, 0) is 11.3 Å². The number of nitrogens with one attached hydrogen (secondary N) is 1. The van der Waals surface area contributed by atoms with E-state index in [1.807, 2.05) is 24.3 Å². The highest BCUT2D eigenvalue weighted by Gasteiger charge is 2.15. The summed E-state index contributed by atoms with van der Waals surface area (Å²) in [7, 11) is 0. The second kappa shape index (κ2) is 5.73. The summed E-state index contributed by atoms with van der Waals surface area (Å²) in [6.45, 7) is 0.0582. The summed E-state index contributed by atoms with van der Waals surface area (Å²) >= 11 is 0. The highest BCUT2D eigenvalue weighted by atomic mass is 16.4. The lowest BCUT2D eigenvalue weighted by molar-refractivity contribution is -0.116. The van der Waals surface area contributed by atoms with Gasteiger partial charge in [-0.1, -0.05) is 36.4 Å². The summed E-state index contributed by atoms with van der Waals surface area (Å²) in [5.74, 6) is -1.21. The molecule has 5 heteroatoms. The molecule has 0 aliphatic carbocycles. The van der Waals surface area contributed by atoms with E-state index in [1.54, 1.807) is 34.9 Å². The summed E-state index contributed by atoms with van der Waals surface area (Å²) in [5.41, 5.74) is 1.63. The highest BCUT2D eigenvalue weighted by molar-refractivity contribution is 6.04. The molecule has 0 unspecified atom stereocenters. The maximum absolute atomic E-state index is 12.1. The lowest BCUT2D eigenvalue weighted by Gasteiger charge is -2.07. The number of nitrogens with zero attached hydrogens (tertiary/aromatic N) is 1. The lowest BCUT2D eigenvalue weighted by atomic mass is 10.2. The minimum Gasteiger partial charge on any atom is -0.478 e. The topological polar surface area (TPSA) is 71.3 Å². The first-order chi connectivity index (χ1) is 10.6. The minimum atomic E-state index is -1.00. The number of carbonyl (C=O) groups is 2. The predicted octanol–water partition coefficient (Wildman–Crippen LogP) is 2.98. The molecule has 0 atom stereocenters. The van der Waals surface area contributed by atoms with E-state index in [0.29, 0.717) is 11.1 Å². The van der Waals surface area contributed by atoms with Crippen LogP contribution in [0, 0.1) is 0 Å². The molecule has 0 saturated carbocycles. The van der Waals surface area contributed by atoms with Gasteiger partial charge in [0.2, 0.25) is 5.91 Å². The quantitative estimate of drug-likeness (QED) is 0.777. The van der Waals surface area contributed by atoms with Gasteiger partial charge in [0.25, 0.3) is 0 Å². The second-order valence-electron chi connectivity index (χ2n) is 4.91. The molecule has 0 saturated heterocycles. The Labute approximate surface area is 126 Å². The van der Waals surface area contributed by atoms with E-state index in [2.05, 4.69) is 5.32 Å². The molecule has 3 rings (SSSR count). The molecule has 22 heavy (non-hydrogen) atoms. The summed E-state index contributed by atoms with van der Waals surface area (Å²) < 4.78 is 1.65. The van der Waals surface area contributed by atoms with E-state index in [9.17, 15) is 14.7 Å². The Balaban J connectivity index is 1.88. The van der Waals surface area contributed by atoms with Gasteiger partial charge >= 0.3 is 5.97 Å². The molecule has 110 valence electrons. The standard InChI is InChI=1S/C17H14N2O3/c20-16(18-12-6-2-1-3-7-12)11-19-10-14(17(21)22)13-8-4-5-9-15(13)19/h1-10H,11H2,(H,18,20)(H,21,22). The fourth-order valence-corrected chi connectivity index (χ4v) is 2.42. The number of aromatic carboxylic acids is 1. The number of rotatable bonds is 4. The molecule has 0 fully saturated rings. The average molecular weight is 294 g/mol. The molecule has 0 radical (unpaired) electrons. The number of benzene rings is 2. The number of carbonyl (C=O) groups excluding carboxylic acids is 1. The fourth-order valence-electron chi connectivity index (χ4n) is 2.42. The first kappa shape index (κ1) is 13.9. The Kier molecular flexibility index (Phi) is 3.62. The smallest absolute Gasteiger partial charge is 0.337 e. The van der Waals surface area contributed by atoms with Crippen LogP contribution in [0.25, 0.3) is 10.9 Å². The van der Waals surface area contributed by atoms with Crippen molar-refractivity contribution in [1.29, 1.82) is 0 Å². The van der Waals surface area contributed by atoms with E-state index < -0.39 is 5.97 Å². The van der Waals surface area contributed by atoms with Gasteiger partial charge in [-0.05, 0) is 18.2 Å². The van der Waals surface area contributed by atoms with Crippen molar-refractivity contribution in [3.05, 3.63) is 66.4 Å². The van der Waals surface area contributed by atoms with Gasteiger partial charge in [-0.2, -0.15) is 0 Å². The Bertz CT molecular complexity index is 837. The van der Waals surface area contributed by atoms with Crippen LogP contribution in [0.15, 0.2) is 60.8 Å². The number of carboxylic acids is 1. The average Bonchev–Trinajstić information content (AvgIpc) is 2.87. The van der Waals surface area contributed by atoms with Crippen molar-refractivity contribution in [3.8, 4) is 0 Å². The van der Waals surface area contributed by atoms with Crippen molar-refractivity contribution in [3.63, 3.8) is 0 Å². The number of amides is 1. The van der Waals surface area contributed by atoms with Gasteiger partial charge in [-0.15, -0.1) is 0 Å². The third-order valence-corrected chi connectivity index (χ3v) is 3.39. The Hall–Kier alpha value is -3.08. The Morgan fingerprint density at radius 2 is 1.68 bits per heavy atom. The fraction of sp³-hybridized carbons (Fsp3) is 0.0588. The highest BCUT2D eigenvalue weighted by Crippen LogP contribution is 2.21. The van der Waals surface area contributed by atoms with Gasteiger partial charge in [0.05, 0.1) is 5.56 Å². The van der Waals surface area contributed by atoms with Crippen LogP contribution in [0.3, 0.4) is 0 Å². The van der Waals surface area contributed by atoms with Crippen LogP contribution in [0.1, 0.15) is 10.4 Å². The number of hydrogen-bond acceptors (Lipinski definition) is 2. The summed E-state index contributed by atoms with van der Waals surface area (Å²) in [6.07, 6.45) is 1.50. The van der Waals surface area contributed by atoms with Crippen molar-refractivity contribution in [2.24, 2.45) is 0 Å². The van der Waals surface area contributed by atoms with Crippen molar-refractivity contribution in [2.45, 2.75) is 6.54 Å². The monoisotopic (exact) mass is 294 g/mol. The molecule has 2 N–H and O–H groups in total. The Morgan fingerprint density at radius 1 is 1.00 bits per heavy atom. The van der Waals surface area contributed by atoms with Crippen LogP contribution in [0.5, 0.6) is 0 Å². The molecule has 1 amide bonds. The number of aromatic nitrogens is 1. The zero-order valence-corrected chi connectivity index (χ0v) is 11.7. The Morgan fingerprint density at radius 3 is 2.41 bits per heavy atom. The van der Waals surface area contributed by atoms with Crippen LogP contribution < -0.4 is 5.32 Å². The van der Waals surface area contributed by atoms with Crippen molar-refractivity contribution in [1.82, 2.24) is 4.57 Å². The van der Waals surface area contributed by atoms with Crippen molar-refractivity contribution < 1.29 is 14.7 Å². The molecule has 3 aromatic rings. The molecule has 2 aromatic carbocycles. The van der Waals surface area contributed by atoms with Crippen LogP contribution in [0.2, 0.25) is 0 Å². The molecular formula is C17H14N2O3. The predicted molar refractivity (Wildman–Crippen MR) is 84.0 cm³/mol. The lowest BCUT2D eigenvalue weighted by Crippen LogP contribution is -2.18. The van der Waals surface area contributed by atoms with Gasteiger partial charge in [0.15, 0.2) is 0 Å². The van der Waals surface area contributed by atoms with E-state index in [4.69, 9.17) is 0 Å². The molecule has 5 nitrogen and oxygen atoms in total. The molecule has 0 bridgehead atoms. The van der Waals surface area contributed by atoms with E-state index in [0.717, 1.165) is 5.52 Å². The molecular weight excluding hydrogens is 280 g/mol. The molecule has 0 aliphatic heterocycles. The van der Waals surface area contributed by atoms with E-state index in [1.165, 1.54) is 6.20 Å². The zero-order chi connectivity index (χ0) is 15.5. The molecule has 0 aliphatic rings. The van der Waals surface area contributed by atoms with Crippen LogP contribution in [-0.4, -0.2) is 21.6 Å². The summed E-state index contributed by atoms with van der Waals surface area (Å²) in [4.78, 5) is 23.4. The zero-order valence-electron chi connectivity index (χ0n) is 11.7. The van der Waals surface area contributed by atoms with E-state index in [-0.39, 0.29) is 18.0 Å². The number of anilines is 1. The van der Waals surface area contributed by atoms with Gasteiger partial charge in [-0.25, -0.2) is 4.79 Å². The normalized spacial score (nSPS) is 10.5. The van der Waals surface area contributed by atoms with Gasteiger partial charge < -0.3 is 15.0 Å². The number of carboxylic acid groups (broad SMARTS) is 1. The van der Waals surface area contributed by atoms with Crippen molar-refractivity contribution in [2.75, 3.05) is 5.32 Å². The number of para-hydroxylation sites is 2. The maximum Gasteiger partial charge on any atom is 0.337 e. The third-order valence-electron chi connectivity index (χ3n) is 3.39.